The molecule has 0 aromatic heterocycles. The first-order chi connectivity index (χ1) is 8.56. The maximum Gasteiger partial charge on any atom is 0.325 e. The average Bonchev–Trinajstić information content (AvgIpc) is 2.64. The molecular formula is C14H26O3S. The molecule has 3 nitrogen and oxygen atoms in total. The summed E-state index contributed by atoms with van der Waals surface area (Å²) in [6.07, 6.45) is 8.40. The van der Waals surface area contributed by atoms with E-state index in [1.165, 1.54) is 31.0 Å². The van der Waals surface area contributed by atoms with E-state index in [4.69, 9.17) is 4.74 Å². The van der Waals surface area contributed by atoms with Crippen molar-refractivity contribution in [1.29, 1.82) is 0 Å². The molecule has 0 bridgehead atoms. The highest BCUT2D eigenvalue weighted by Crippen LogP contribution is 2.41. The van der Waals surface area contributed by atoms with E-state index in [2.05, 4.69) is 6.92 Å². The Labute approximate surface area is 115 Å². The van der Waals surface area contributed by atoms with E-state index in [1.54, 1.807) is 0 Å². The Bertz CT molecular complexity index is 270. The molecule has 3 atom stereocenters. The number of aliphatic hydroxyl groups excluding tert-OH is 1. The van der Waals surface area contributed by atoms with Crippen LogP contribution in [0.25, 0.3) is 0 Å². The molecule has 0 spiro atoms. The molecule has 1 aliphatic heterocycles. The minimum atomic E-state index is -0.718. The van der Waals surface area contributed by atoms with Gasteiger partial charge in [0.2, 0.25) is 0 Å². The topological polar surface area (TPSA) is 46.5 Å². The van der Waals surface area contributed by atoms with Crippen LogP contribution in [0.2, 0.25) is 0 Å². The number of hydrogen-bond acceptors (Lipinski definition) is 4. The van der Waals surface area contributed by atoms with Crippen molar-refractivity contribution in [1.82, 2.24) is 0 Å². The van der Waals surface area contributed by atoms with Crippen LogP contribution in [0, 0.1) is 0 Å². The van der Waals surface area contributed by atoms with Gasteiger partial charge < -0.3 is 9.84 Å². The van der Waals surface area contributed by atoms with E-state index >= 15 is 0 Å². The second-order valence-corrected chi connectivity index (χ2v) is 6.37. The first-order valence-electron chi connectivity index (χ1n) is 7.01. The molecule has 18 heavy (non-hydrogen) atoms. The number of unbranched alkanes of at least 4 members (excludes halogenated alkanes) is 4. The van der Waals surface area contributed by atoms with Gasteiger partial charge in [-0.25, -0.2) is 0 Å². The number of rotatable bonds is 8. The predicted molar refractivity (Wildman–Crippen MR) is 75.8 cm³/mol. The Hall–Kier alpha value is -0.220. The lowest BCUT2D eigenvalue weighted by atomic mass is 9.93. The Morgan fingerprint density at radius 1 is 1.44 bits per heavy atom. The molecule has 1 fully saturated rings. The number of esters is 1. The van der Waals surface area contributed by atoms with Gasteiger partial charge in [-0.05, 0) is 19.6 Å². The quantitative estimate of drug-likeness (QED) is 0.545. The summed E-state index contributed by atoms with van der Waals surface area (Å²) in [4.78, 5) is 11.9. The largest absolute Gasteiger partial charge is 0.461 e. The minimum absolute atomic E-state index is 0.0697. The highest BCUT2D eigenvalue weighted by molar-refractivity contribution is 8.00. The highest BCUT2D eigenvalue weighted by Gasteiger charge is 2.52. The van der Waals surface area contributed by atoms with Crippen LogP contribution in [-0.4, -0.2) is 34.3 Å². The molecule has 0 unspecified atom stereocenters. The zero-order valence-corrected chi connectivity index (χ0v) is 12.6. The smallest absolute Gasteiger partial charge is 0.325 e. The lowest BCUT2D eigenvalue weighted by Gasteiger charge is -2.28. The molecule has 4 heteroatoms. The lowest BCUT2D eigenvalue weighted by molar-refractivity contribution is -0.144. The van der Waals surface area contributed by atoms with Crippen molar-refractivity contribution < 1.29 is 14.6 Å². The zero-order valence-electron chi connectivity index (χ0n) is 11.8. The number of carbonyl (C=O) groups excluding carboxylic acids is 1. The van der Waals surface area contributed by atoms with Gasteiger partial charge in [-0.15, -0.1) is 11.8 Å². The summed E-state index contributed by atoms with van der Waals surface area (Å²) < 4.78 is 4.50. The highest BCUT2D eigenvalue weighted by atomic mass is 32.2. The molecule has 0 aliphatic carbocycles. The summed E-state index contributed by atoms with van der Waals surface area (Å²) >= 11 is 1.44. The predicted octanol–water partition coefficient (Wildman–Crippen LogP) is 3.15. The SMILES string of the molecule is CCCCCCC[C@H](O)[C@]1(SC)C[C@@H](C)OC1=O. The van der Waals surface area contributed by atoms with Gasteiger partial charge in [0.1, 0.15) is 10.9 Å². The van der Waals surface area contributed by atoms with Crippen LogP contribution < -0.4 is 0 Å². The Morgan fingerprint density at radius 3 is 2.61 bits per heavy atom. The van der Waals surface area contributed by atoms with Crippen LogP contribution in [0.15, 0.2) is 0 Å². The van der Waals surface area contributed by atoms with Gasteiger partial charge in [-0.2, -0.15) is 0 Å². The van der Waals surface area contributed by atoms with E-state index in [1.807, 2.05) is 13.2 Å². The summed E-state index contributed by atoms with van der Waals surface area (Å²) in [7, 11) is 0. The molecule has 1 saturated heterocycles. The van der Waals surface area contributed by atoms with Crippen LogP contribution in [-0.2, 0) is 9.53 Å². The van der Waals surface area contributed by atoms with E-state index in [0.29, 0.717) is 12.8 Å². The van der Waals surface area contributed by atoms with Crippen molar-refractivity contribution in [3.63, 3.8) is 0 Å². The molecule has 1 N–H and O–H groups in total. The minimum Gasteiger partial charge on any atom is -0.461 e. The van der Waals surface area contributed by atoms with Gasteiger partial charge in [0, 0.05) is 6.42 Å². The van der Waals surface area contributed by atoms with E-state index in [9.17, 15) is 9.90 Å². The summed E-state index contributed by atoms with van der Waals surface area (Å²) in [5.41, 5.74) is 0. The number of ether oxygens (including phenoxy) is 1. The summed E-state index contributed by atoms with van der Waals surface area (Å²) in [6.45, 7) is 4.08. The second-order valence-electron chi connectivity index (χ2n) is 5.23. The van der Waals surface area contributed by atoms with Gasteiger partial charge in [-0.3, -0.25) is 4.79 Å². The Kier molecular flexibility index (Phi) is 6.50. The van der Waals surface area contributed by atoms with Gasteiger partial charge in [0.15, 0.2) is 0 Å². The van der Waals surface area contributed by atoms with Gasteiger partial charge in [0.25, 0.3) is 0 Å². The summed E-state index contributed by atoms with van der Waals surface area (Å²) in [5, 5.41) is 10.3. The number of cyclic esters (lactones) is 1. The number of thioether (sulfide) groups is 1. The second kappa shape index (κ2) is 7.39. The summed E-state index contributed by atoms with van der Waals surface area (Å²) in [5.74, 6) is -0.233. The van der Waals surface area contributed by atoms with Crippen molar-refractivity contribution in [3.05, 3.63) is 0 Å². The maximum atomic E-state index is 11.9. The van der Waals surface area contributed by atoms with Gasteiger partial charge >= 0.3 is 5.97 Å². The Balaban J connectivity index is 2.42. The number of hydrogen-bond donors (Lipinski definition) is 1. The van der Waals surface area contributed by atoms with Crippen LogP contribution in [0.3, 0.4) is 0 Å². The molecule has 0 aromatic carbocycles. The molecule has 0 aromatic rings. The van der Waals surface area contributed by atoms with Crippen molar-refractivity contribution >= 4 is 17.7 Å². The lowest BCUT2D eigenvalue weighted by Crippen LogP contribution is -2.43. The first-order valence-corrected chi connectivity index (χ1v) is 8.23. The van der Waals surface area contributed by atoms with Crippen LogP contribution in [0.5, 0.6) is 0 Å². The fraction of sp³-hybridized carbons (Fsp3) is 0.929. The number of carbonyl (C=O) groups is 1. The molecule has 0 amide bonds. The molecule has 1 aliphatic rings. The van der Waals surface area contributed by atoms with E-state index in [-0.39, 0.29) is 12.1 Å². The van der Waals surface area contributed by atoms with Crippen molar-refractivity contribution in [2.75, 3.05) is 6.26 Å². The maximum absolute atomic E-state index is 11.9. The van der Waals surface area contributed by atoms with Crippen molar-refractivity contribution in [2.45, 2.75) is 75.7 Å². The monoisotopic (exact) mass is 274 g/mol. The normalized spacial score (nSPS) is 29.3. The van der Waals surface area contributed by atoms with Crippen LogP contribution in [0.1, 0.15) is 58.8 Å². The van der Waals surface area contributed by atoms with Crippen molar-refractivity contribution in [3.8, 4) is 0 Å². The third kappa shape index (κ3) is 3.64. The molecule has 1 rings (SSSR count). The fourth-order valence-electron chi connectivity index (χ4n) is 2.58. The third-order valence-corrected chi connectivity index (χ3v) is 5.06. The number of aliphatic hydroxyl groups is 1. The first kappa shape index (κ1) is 15.8. The fourth-order valence-corrected chi connectivity index (χ4v) is 3.59. The summed E-state index contributed by atoms with van der Waals surface area (Å²) in [6, 6.07) is 0. The van der Waals surface area contributed by atoms with Crippen LogP contribution in [0.4, 0.5) is 0 Å². The van der Waals surface area contributed by atoms with E-state index in [0.717, 1.165) is 12.8 Å². The molecule has 106 valence electrons. The average molecular weight is 274 g/mol. The van der Waals surface area contributed by atoms with Crippen molar-refractivity contribution in [2.24, 2.45) is 0 Å². The standard InChI is InChI=1S/C14H26O3S/c1-4-5-6-7-8-9-12(15)14(18-3)10-11(2)17-13(14)16/h11-12,15H,4-10H2,1-3H3/t11-,12+,14-/m1/s1. The van der Waals surface area contributed by atoms with Crippen LogP contribution >= 0.6 is 11.8 Å². The third-order valence-electron chi connectivity index (χ3n) is 3.73. The molecule has 0 radical (unpaired) electrons. The van der Waals surface area contributed by atoms with Gasteiger partial charge in [0.05, 0.1) is 6.10 Å². The zero-order chi connectivity index (χ0) is 13.6. The van der Waals surface area contributed by atoms with Gasteiger partial charge in [-0.1, -0.05) is 39.0 Å². The molecular weight excluding hydrogens is 248 g/mol. The van der Waals surface area contributed by atoms with E-state index < -0.39 is 10.9 Å². The molecule has 1 heterocycles. The Morgan fingerprint density at radius 2 is 2.11 bits per heavy atom. The molecule has 0 saturated carbocycles.